The van der Waals surface area contributed by atoms with Crippen molar-refractivity contribution >= 4 is 26.8 Å². The number of halogens is 7. The standard InChI is InChI=1S/C25H19F7N2O5S/c1-2-11-34-20-10-8-17(13-21(20)39-22(34)35)40(37,38)33-16-6-3-14(4-7-16)18-9-5-15(12-19(18)26)23(36,24(27,28)29)25(30,31)32/h3-10,12-13,33,36H,2,11H2,1H3. The number of fused-ring (bicyclic) bond motifs is 1. The predicted molar refractivity (Wildman–Crippen MR) is 129 cm³/mol. The third kappa shape index (κ3) is 5.06. The number of hydrogen-bond donors (Lipinski definition) is 2. The molecule has 0 amide bonds. The molecule has 0 spiro atoms. The first-order chi connectivity index (χ1) is 18.5. The highest BCUT2D eigenvalue weighted by Crippen LogP contribution is 2.50. The summed E-state index contributed by atoms with van der Waals surface area (Å²) in [5, 5.41) is 9.47. The van der Waals surface area contributed by atoms with E-state index in [4.69, 9.17) is 4.42 Å². The van der Waals surface area contributed by atoms with E-state index >= 15 is 0 Å². The molecule has 1 heterocycles. The van der Waals surface area contributed by atoms with Crippen LogP contribution in [0.4, 0.5) is 36.4 Å². The smallest absolute Gasteiger partial charge is 0.408 e. The number of benzene rings is 3. The van der Waals surface area contributed by atoms with Crippen LogP contribution in [-0.2, 0) is 22.2 Å². The molecule has 0 unspecified atom stereocenters. The minimum absolute atomic E-state index is 0.00462. The van der Waals surface area contributed by atoms with Crippen molar-refractivity contribution in [3.63, 3.8) is 0 Å². The molecule has 7 nitrogen and oxygen atoms in total. The third-order valence-corrected chi connectivity index (χ3v) is 7.43. The Bertz CT molecular complexity index is 1710. The second-order valence-corrected chi connectivity index (χ2v) is 10.4. The van der Waals surface area contributed by atoms with E-state index in [1.54, 1.807) is 0 Å². The van der Waals surface area contributed by atoms with E-state index in [1.165, 1.54) is 47.0 Å². The maximum absolute atomic E-state index is 14.7. The number of aryl methyl sites for hydroxylation is 1. The van der Waals surface area contributed by atoms with E-state index in [-0.39, 0.29) is 27.8 Å². The quantitative estimate of drug-likeness (QED) is 0.260. The lowest BCUT2D eigenvalue weighted by atomic mass is 9.90. The van der Waals surface area contributed by atoms with E-state index in [2.05, 4.69) is 4.72 Å². The van der Waals surface area contributed by atoms with Crippen LogP contribution in [0.3, 0.4) is 0 Å². The van der Waals surface area contributed by atoms with E-state index < -0.39 is 50.7 Å². The van der Waals surface area contributed by atoms with Crippen LogP contribution in [0.15, 0.2) is 74.8 Å². The van der Waals surface area contributed by atoms with E-state index in [9.17, 15) is 49.1 Å². The Morgan fingerprint density at radius 2 is 1.55 bits per heavy atom. The first kappa shape index (κ1) is 29.1. The minimum atomic E-state index is -6.17. The molecule has 214 valence electrons. The van der Waals surface area contributed by atoms with Gasteiger partial charge in [-0.1, -0.05) is 31.2 Å². The SMILES string of the molecule is CCCn1c(=O)oc2cc(S(=O)(=O)Nc3ccc(-c4ccc(C(O)(C(F)(F)F)C(F)(F)F)cc4F)cc3)ccc21. The van der Waals surface area contributed by atoms with Crippen LogP contribution < -0.4 is 10.5 Å². The molecule has 0 bridgehead atoms. The molecule has 4 aromatic rings. The number of anilines is 1. The van der Waals surface area contributed by atoms with Crippen molar-refractivity contribution in [1.29, 1.82) is 0 Å². The summed E-state index contributed by atoms with van der Waals surface area (Å²) in [4.78, 5) is 11.8. The molecule has 0 fully saturated rings. The molecule has 4 rings (SSSR count). The fraction of sp³-hybridized carbons (Fsp3) is 0.240. The fourth-order valence-corrected chi connectivity index (χ4v) is 5.12. The molecule has 0 aliphatic heterocycles. The largest absolute Gasteiger partial charge is 0.430 e. The normalized spacial score (nSPS) is 13.1. The zero-order chi connectivity index (χ0) is 29.7. The van der Waals surface area contributed by atoms with Crippen LogP contribution in [0.1, 0.15) is 18.9 Å². The Morgan fingerprint density at radius 3 is 2.10 bits per heavy atom. The van der Waals surface area contributed by atoms with Gasteiger partial charge in [0.15, 0.2) is 5.58 Å². The first-order valence-corrected chi connectivity index (χ1v) is 12.9. The van der Waals surface area contributed by atoms with E-state index in [1.807, 2.05) is 6.92 Å². The summed E-state index contributed by atoms with van der Waals surface area (Å²) in [6, 6.07) is 9.48. The molecular weight excluding hydrogens is 573 g/mol. The van der Waals surface area contributed by atoms with Crippen molar-refractivity contribution in [2.45, 2.75) is 42.7 Å². The number of aromatic nitrogens is 1. The van der Waals surface area contributed by atoms with Crippen LogP contribution in [0.2, 0.25) is 0 Å². The zero-order valence-corrected chi connectivity index (χ0v) is 21.1. The van der Waals surface area contributed by atoms with E-state index in [0.29, 0.717) is 30.6 Å². The summed E-state index contributed by atoms with van der Waals surface area (Å²) in [5.74, 6) is -2.13. The van der Waals surface area contributed by atoms with Crippen molar-refractivity contribution in [2.75, 3.05) is 4.72 Å². The van der Waals surface area contributed by atoms with Gasteiger partial charge >= 0.3 is 18.1 Å². The molecular formula is C25H19F7N2O5S. The molecule has 0 saturated carbocycles. The lowest BCUT2D eigenvalue weighted by Gasteiger charge is -2.32. The molecule has 3 aromatic carbocycles. The summed E-state index contributed by atoms with van der Waals surface area (Å²) >= 11 is 0. The Morgan fingerprint density at radius 1 is 0.925 bits per heavy atom. The fourth-order valence-electron chi connectivity index (χ4n) is 4.04. The number of alkyl halides is 6. The van der Waals surface area contributed by atoms with Gasteiger partial charge < -0.3 is 9.52 Å². The average molecular weight is 592 g/mol. The lowest BCUT2D eigenvalue weighted by molar-refractivity contribution is -0.376. The first-order valence-electron chi connectivity index (χ1n) is 11.4. The van der Waals surface area contributed by atoms with Gasteiger partial charge in [0.1, 0.15) is 5.82 Å². The van der Waals surface area contributed by atoms with Gasteiger partial charge in [-0.25, -0.2) is 17.6 Å². The van der Waals surface area contributed by atoms with Gasteiger partial charge in [0.05, 0.1) is 10.4 Å². The van der Waals surface area contributed by atoms with Crippen LogP contribution in [0.5, 0.6) is 0 Å². The second kappa shape index (κ2) is 9.96. The highest BCUT2D eigenvalue weighted by molar-refractivity contribution is 7.92. The number of aliphatic hydroxyl groups is 1. The highest BCUT2D eigenvalue weighted by atomic mass is 32.2. The molecule has 0 saturated heterocycles. The van der Waals surface area contributed by atoms with Crippen molar-refractivity contribution in [3.05, 3.63) is 82.6 Å². The molecule has 15 heteroatoms. The van der Waals surface area contributed by atoms with Crippen LogP contribution in [0, 0.1) is 5.82 Å². The Hall–Kier alpha value is -3.85. The maximum atomic E-state index is 14.7. The minimum Gasteiger partial charge on any atom is -0.408 e. The second-order valence-electron chi connectivity index (χ2n) is 8.73. The van der Waals surface area contributed by atoms with E-state index in [0.717, 1.165) is 0 Å². The van der Waals surface area contributed by atoms with Gasteiger partial charge in [0, 0.05) is 29.4 Å². The number of oxazole rings is 1. The Kier molecular flexibility index (Phi) is 7.26. The van der Waals surface area contributed by atoms with Gasteiger partial charge in [-0.05, 0) is 42.3 Å². The summed E-state index contributed by atoms with van der Waals surface area (Å²) in [7, 11) is -4.19. The maximum Gasteiger partial charge on any atom is 0.430 e. The number of nitrogens with zero attached hydrogens (tertiary/aromatic N) is 1. The number of nitrogens with one attached hydrogen (secondary N) is 1. The van der Waals surface area contributed by atoms with Crippen molar-refractivity contribution in [2.24, 2.45) is 0 Å². The monoisotopic (exact) mass is 592 g/mol. The third-order valence-electron chi connectivity index (χ3n) is 6.05. The van der Waals surface area contributed by atoms with Gasteiger partial charge in [0.2, 0.25) is 0 Å². The molecule has 2 N–H and O–H groups in total. The summed E-state index contributed by atoms with van der Waals surface area (Å²) in [6.07, 6.45) is -11.7. The lowest BCUT2D eigenvalue weighted by Crippen LogP contribution is -2.53. The molecule has 0 aliphatic rings. The van der Waals surface area contributed by atoms with Gasteiger partial charge in [-0.2, -0.15) is 26.3 Å². The van der Waals surface area contributed by atoms with Crippen molar-refractivity contribution < 1.29 is 48.7 Å². The topological polar surface area (TPSA) is 102 Å². The summed E-state index contributed by atoms with van der Waals surface area (Å²) in [5.41, 5.74) is -6.99. The number of sulfonamides is 1. The van der Waals surface area contributed by atoms with Gasteiger partial charge in [-0.3, -0.25) is 9.29 Å². The average Bonchev–Trinajstić information content (AvgIpc) is 3.17. The molecule has 1 aromatic heterocycles. The predicted octanol–water partition coefficient (Wildman–Crippen LogP) is 5.92. The Balaban J connectivity index is 1.60. The summed E-state index contributed by atoms with van der Waals surface area (Å²) in [6.45, 7) is 2.22. The van der Waals surface area contributed by atoms with Gasteiger partial charge in [0.25, 0.3) is 15.6 Å². The van der Waals surface area contributed by atoms with Gasteiger partial charge in [-0.15, -0.1) is 0 Å². The van der Waals surface area contributed by atoms with Crippen molar-refractivity contribution in [3.8, 4) is 11.1 Å². The summed E-state index contributed by atoms with van der Waals surface area (Å²) < 4.78 is 128. The number of rotatable bonds is 7. The van der Waals surface area contributed by atoms with Crippen molar-refractivity contribution in [1.82, 2.24) is 4.57 Å². The molecule has 0 radical (unpaired) electrons. The van der Waals surface area contributed by atoms with Crippen LogP contribution >= 0.6 is 0 Å². The molecule has 0 atom stereocenters. The molecule has 40 heavy (non-hydrogen) atoms. The molecule has 0 aliphatic carbocycles. The Labute approximate surface area is 221 Å². The van der Waals surface area contributed by atoms with Crippen LogP contribution in [0.25, 0.3) is 22.2 Å². The van der Waals surface area contributed by atoms with Crippen LogP contribution in [-0.4, -0.2) is 30.4 Å². The zero-order valence-electron chi connectivity index (χ0n) is 20.3. The number of hydrogen-bond acceptors (Lipinski definition) is 5. The highest BCUT2D eigenvalue weighted by Gasteiger charge is 2.71.